The van der Waals surface area contributed by atoms with Gasteiger partial charge in [-0.2, -0.15) is 0 Å². The van der Waals surface area contributed by atoms with E-state index in [1.54, 1.807) is 13.0 Å². The summed E-state index contributed by atoms with van der Waals surface area (Å²) in [6.45, 7) is 8.51. The first-order valence-electron chi connectivity index (χ1n) is 15.6. The van der Waals surface area contributed by atoms with Gasteiger partial charge in [0.05, 0.1) is 23.6 Å². The van der Waals surface area contributed by atoms with E-state index in [0.717, 1.165) is 18.4 Å². The lowest BCUT2D eigenvalue weighted by Crippen LogP contribution is -2.55. The molecule has 45 heavy (non-hydrogen) atoms. The Morgan fingerprint density at radius 2 is 1.96 bits per heavy atom. The van der Waals surface area contributed by atoms with E-state index < -0.39 is 34.4 Å². The van der Waals surface area contributed by atoms with Gasteiger partial charge in [-0.1, -0.05) is 51.1 Å². The average Bonchev–Trinajstić information content (AvgIpc) is 3.35. The minimum Gasteiger partial charge on any atom is -0.443 e. The largest absolute Gasteiger partial charge is 0.443 e. The van der Waals surface area contributed by atoms with Gasteiger partial charge in [-0.25, -0.2) is 33.0 Å². The molecule has 13 heteroatoms. The van der Waals surface area contributed by atoms with E-state index in [4.69, 9.17) is 18.9 Å². The molecule has 12 nitrogen and oxygen atoms in total. The lowest BCUT2D eigenvalue weighted by Gasteiger charge is -2.42. The van der Waals surface area contributed by atoms with Crippen LogP contribution in [0.2, 0.25) is 0 Å². The van der Waals surface area contributed by atoms with Crippen molar-refractivity contribution in [2.45, 2.75) is 82.6 Å². The fourth-order valence-electron chi connectivity index (χ4n) is 6.04. The summed E-state index contributed by atoms with van der Waals surface area (Å²) in [6, 6.07) is 13.2. The molecule has 1 aliphatic carbocycles. The fraction of sp³-hybridized carbons (Fsp3) is 0.562. The molecule has 6 atom stereocenters. The number of aryl methyl sites for hydroxylation is 1. The number of aromatic nitrogens is 1. The third-order valence-corrected chi connectivity index (χ3v) is 9.74. The molecule has 1 saturated carbocycles. The number of nitrogens with one attached hydrogen (secondary N) is 2. The van der Waals surface area contributed by atoms with Crippen molar-refractivity contribution in [1.82, 2.24) is 20.1 Å². The van der Waals surface area contributed by atoms with Crippen LogP contribution >= 0.6 is 0 Å². The monoisotopic (exact) mass is 644 g/mol. The third kappa shape index (κ3) is 8.81. The van der Waals surface area contributed by atoms with Crippen LogP contribution in [-0.4, -0.2) is 73.7 Å². The molecule has 3 aromatic rings. The fourth-order valence-corrected chi connectivity index (χ4v) is 7.16. The number of hydrazine groups is 1. The molecule has 2 bridgehead atoms. The van der Waals surface area contributed by atoms with E-state index in [-0.39, 0.29) is 29.4 Å². The van der Waals surface area contributed by atoms with E-state index in [1.165, 1.54) is 17.1 Å². The van der Waals surface area contributed by atoms with Crippen LogP contribution in [0, 0.1) is 24.7 Å². The summed E-state index contributed by atoms with van der Waals surface area (Å²) >= 11 is 0. The van der Waals surface area contributed by atoms with Gasteiger partial charge in [0.25, 0.3) is 10.0 Å². The quantitative estimate of drug-likeness (QED) is 0.183. The second-order valence-corrected chi connectivity index (χ2v) is 14.4. The Labute approximate surface area is 264 Å². The molecule has 1 aromatic heterocycles. The molecular formula is C32H44N4O8S. The van der Waals surface area contributed by atoms with E-state index in [2.05, 4.69) is 22.1 Å². The molecule has 246 valence electrons. The normalized spacial score (nSPS) is 23.3. The highest BCUT2D eigenvalue weighted by Crippen LogP contribution is 2.36. The van der Waals surface area contributed by atoms with Gasteiger partial charge in [0.1, 0.15) is 17.7 Å². The molecule has 2 aromatic carbocycles. The topological polar surface area (TPSA) is 152 Å². The van der Waals surface area contributed by atoms with Crippen molar-refractivity contribution < 1.29 is 37.2 Å². The van der Waals surface area contributed by atoms with Gasteiger partial charge in [-0.15, -0.1) is 4.83 Å². The molecule has 0 spiro atoms. The van der Waals surface area contributed by atoms with Crippen LogP contribution in [0.3, 0.4) is 0 Å². The highest BCUT2D eigenvalue weighted by atomic mass is 32.2. The number of carbonyl (C=O) groups is 1. The number of amides is 1. The summed E-state index contributed by atoms with van der Waals surface area (Å²) in [6.07, 6.45) is -0.0736. The van der Waals surface area contributed by atoms with Crippen LogP contribution in [0.4, 0.5) is 4.79 Å². The van der Waals surface area contributed by atoms with Gasteiger partial charge in [0.15, 0.2) is 11.5 Å². The number of hydrogen-bond donors (Lipinski definition) is 3. The molecular weight excluding hydrogens is 600 g/mol. The number of hydrogen-bond acceptors (Lipinski definition) is 10. The Balaban J connectivity index is 1.31. The number of aliphatic hydroxyl groups is 1. The minimum absolute atomic E-state index is 0.0104. The number of rotatable bonds is 13. The van der Waals surface area contributed by atoms with Gasteiger partial charge in [-0.05, 0) is 55.2 Å². The molecule has 1 amide bonds. The standard InChI is InChI=1S/C32H44N4O8S/c1-20(2)12-13-36(35-45(39,40)25-10-11-26-29(17-25)42-22(4)33-26)18-28(37)27(16-23-8-6-5-7-9-23)34-32(38)43-31-24-14-21(3)15-30(31)44-41-19-24/h5-11,17,20-21,24,27-28,30-31,35,37H,12-16,18-19H2,1-4H3,(H,34,38). The summed E-state index contributed by atoms with van der Waals surface area (Å²) in [5.74, 6) is 1.17. The summed E-state index contributed by atoms with van der Waals surface area (Å²) in [5.41, 5.74) is 1.82. The van der Waals surface area contributed by atoms with E-state index in [1.807, 2.05) is 44.2 Å². The number of oxazole rings is 1. The lowest BCUT2D eigenvalue weighted by atomic mass is 9.78. The highest BCUT2D eigenvalue weighted by molar-refractivity contribution is 7.89. The predicted octanol–water partition coefficient (Wildman–Crippen LogP) is 4.12. The summed E-state index contributed by atoms with van der Waals surface area (Å²) < 4.78 is 38.4. The first kappa shape index (κ1) is 33.3. The number of carbonyl (C=O) groups excluding carboxylic acids is 1. The van der Waals surface area contributed by atoms with Crippen molar-refractivity contribution in [2.75, 3.05) is 19.7 Å². The highest BCUT2D eigenvalue weighted by Gasteiger charge is 2.44. The number of ether oxygens (including phenoxy) is 1. The maximum Gasteiger partial charge on any atom is 0.407 e. The molecule has 0 radical (unpaired) electrons. The van der Waals surface area contributed by atoms with Gasteiger partial charge >= 0.3 is 6.09 Å². The molecule has 1 saturated heterocycles. The van der Waals surface area contributed by atoms with Crippen molar-refractivity contribution in [3.8, 4) is 0 Å². The number of alkyl carbamates (subject to hydrolysis) is 1. The van der Waals surface area contributed by atoms with Crippen LogP contribution in [0.25, 0.3) is 11.1 Å². The zero-order valence-electron chi connectivity index (χ0n) is 26.2. The van der Waals surface area contributed by atoms with Crippen LogP contribution in [0.15, 0.2) is 57.8 Å². The van der Waals surface area contributed by atoms with Gasteiger partial charge in [-0.3, -0.25) is 0 Å². The predicted molar refractivity (Wildman–Crippen MR) is 166 cm³/mol. The van der Waals surface area contributed by atoms with Crippen molar-refractivity contribution >= 4 is 27.2 Å². The maximum atomic E-state index is 13.5. The number of aliphatic hydroxyl groups excluding tert-OH is 1. The number of sulfonamides is 1. The van der Waals surface area contributed by atoms with Crippen LogP contribution in [0.5, 0.6) is 0 Å². The zero-order valence-corrected chi connectivity index (χ0v) is 27.0. The zero-order chi connectivity index (χ0) is 32.1. The smallest absolute Gasteiger partial charge is 0.407 e. The van der Waals surface area contributed by atoms with Crippen LogP contribution in [0.1, 0.15) is 51.5 Å². The Morgan fingerprint density at radius 1 is 1.18 bits per heavy atom. The number of fused-ring (bicyclic) bond motifs is 3. The van der Waals surface area contributed by atoms with Crippen molar-refractivity contribution in [2.24, 2.45) is 17.8 Å². The summed E-state index contributed by atoms with van der Waals surface area (Å²) in [7, 11) is -4.04. The van der Waals surface area contributed by atoms with E-state index >= 15 is 0 Å². The van der Waals surface area contributed by atoms with Gasteiger partial charge in [0, 0.05) is 32.0 Å². The molecule has 2 fully saturated rings. The molecule has 3 N–H and O–H groups in total. The number of nitrogens with zero attached hydrogens (tertiary/aromatic N) is 2. The first-order chi connectivity index (χ1) is 21.5. The Morgan fingerprint density at radius 3 is 2.69 bits per heavy atom. The molecule has 2 heterocycles. The average molecular weight is 645 g/mol. The van der Waals surface area contributed by atoms with Crippen molar-refractivity contribution in [3.05, 3.63) is 60.0 Å². The molecule has 2 aliphatic rings. The van der Waals surface area contributed by atoms with Gasteiger partial charge in [0.2, 0.25) is 0 Å². The van der Waals surface area contributed by atoms with E-state index in [0.29, 0.717) is 48.9 Å². The molecule has 1 aliphatic heterocycles. The first-order valence-corrected chi connectivity index (χ1v) is 17.1. The second-order valence-electron chi connectivity index (χ2n) is 12.7. The second kappa shape index (κ2) is 14.6. The minimum atomic E-state index is -4.04. The van der Waals surface area contributed by atoms with Crippen molar-refractivity contribution in [3.63, 3.8) is 0 Å². The molecule has 5 rings (SSSR count). The van der Waals surface area contributed by atoms with E-state index in [9.17, 15) is 18.3 Å². The summed E-state index contributed by atoms with van der Waals surface area (Å²) in [5, 5.41) is 15.9. The van der Waals surface area contributed by atoms with Crippen molar-refractivity contribution in [1.29, 1.82) is 0 Å². The molecule has 6 unspecified atom stereocenters. The maximum absolute atomic E-state index is 13.5. The Bertz CT molecular complexity index is 1520. The number of benzene rings is 2. The Hall–Kier alpha value is -3.07. The lowest BCUT2D eigenvalue weighted by molar-refractivity contribution is -0.387. The third-order valence-electron chi connectivity index (χ3n) is 8.36. The van der Waals surface area contributed by atoms with Gasteiger partial charge < -0.3 is 19.6 Å². The Kier molecular flexibility index (Phi) is 10.8. The summed E-state index contributed by atoms with van der Waals surface area (Å²) in [4.78, 5) is 30.9. The van der Waals surface area contributed by atoms with Crippen LogP contribution < -0.4 is 10.1 Å². The SMILES string of the molecule is Cc1nc2ccc(S(=O)(=O)NN(CCC(C)C)CC(O)C(Cc3ccccc3)NC(=O)OC3C4COOC3CC(C)C4)cc2o1. The van der Waals surface area contributed by atoms with Crippen LogP contribution in [-0.2, 0) is 31.0 Å².